The highest BCUT2D eigenvalue weighted by atomic mass is 16.2. The van der Waals surface area contributed by atoms with Crippen LogP contribution in [-0.2, 0) is 6.42 Å². The van der Waals surface area contributed by atoms with Gasteiger partial charge in [-0.15, -0.1) is 5.10 Å². The highest BCUT2D eigenvalue weighted by Crippen LogP contribution is 2.30. The molecule has 120 valence electrons. The number of nitrogens with zero attached hydrogens (tertiary/aromatic N) is 3. The summed E-state index contributed by atoms with van der Waals surface area (Å²) in [7, 11) is 0. The van der Waals surface area contributed by atoms with Crippen LogP contribution in [-0.4, -0.2) is 33.8 Å². The predicted molar refractivity (Wildman–Crippen MR) is 86.1 cm³/mol. The van der Waals surface area contributed by atoms with Gasteiger partial charge in [0.1, 0.15) is 6.33 Å². The second-order valence-electron chi connectivity index (χ2n) is 6.31. The normalized spacial score (nSPS) is 23.5. The van der Waals surface area contributed by atoms with E-state index in [0.717, 1.165) is 38.8 Å². The van der Waals surface area contributed by atoms with Crippen LogP contribution in [0.4, 0.5) is 0 Å². The van der Waals surface area contributed by atoms with Crippen molar-refractivity contribution in [2.75, 3.05) is 13.1 Å². The van der Waals surface area contributed by atoms with Crippen molar-refractivity contribution < 1.29 is 4.79 Å². The van der Waals surface area contributed by atoms with E-state index in [-0.39, 0.29) is 17.8 Å². The molecule has 4 rings (SSSR count). The number of rotatable bonds is 3. The zero-order valence-electron chi connectivity index (χ0n) is 13.0. The molecule has 6 nitrogen and oxygen atoms in total. The Morgan fingerprint density at radius 2 is 2.22 bits per heavy atom. The maximum Gasteiger partial charge on any atom is 0.291 e. The first kappa shape index (κ1) is 14.4. The van der Waals surface area contributed by atoms with Gasteiger partial charge in [0.15, 0.2) is 0 Å². The fourth-order valence-electron chi connectivity index (χ4n) is 3.54. The van der Waals surface area contributed by atoms with E-state index in [1.54, 1.807) is 6.33 Å². The van der Waals surface area contributed by atoms with Crippen molar-refractivity contribution in [3.8, 4) is 0 Å². The Morgan fingerprint density at radius 1 is 1.30 bits per heavy atom. The van der Waals surface area contributed by atoms with Gasteiger partial charge < -0.3 is 10.6 Å². The molecular weight excluding hydrogens is 290 g/mol. The van der Waals surface area contributed by atoms with Crippen LogP contribution in [0.3, 0.4) is 0 Å². The van der Waals surface area contributed by atoms with E-state index in [4.69, 9.17) is 0 Å². The zero-order chi connectivity index (χ0) is 15.6. The summed E-state index contributed by atoms with van der Waals surface area (Å²) in [6.45, 7) is 1.94. The van der Waals surface area contributed by atoms with Crippen molar-refractivity contribution in [3.05, 3.63) is 47.5 Å². The summed E-state index contributed by atoms with van der Waals surface area (Å²) in [5.74, 6) is 0.0779. The van der Waals surface area contributed by atoms with Crippen molar-refractivity contribution >= 4 is 5.91 Å². The van der Waals surface area contributed by atoms with Crippen LogP contribution in [0.2, 0.25) is 0 Å². The van der Waals surface area contributed by atoms with Gasteiger partial charge in [-0.2, -0.15) is 0 Å². The molecule has 0 radical (unpaired) electrons. The standard InChI is InChI=1S/C17H21N5O/c23-17(20-15-8-7-12-4-1-2-6-14(12)15)16-19-11-22(21-16)13-5-3-9-18-10-13/h1-2,4,6,11,13,15,18H,3,5,7-10H2,(H,20,23)/t13-,15+/m1/s1. The van der Waals surface area contributed by atoms with Crippen LogP contribution >= 0.6 is 0 Å². The molecule has 0 unspecified atom stereocenters. The fourth-order valence-corrected chi connectivity index (χ4v) is 3.54. The summed E-state index contributed by atoms with van der Waals surface area (Å²) in [6.07, 6.45) is 5.84. The average Bonchev–Trinajstić information content (AvgIpc) is 3.24. The van der Waals surface area contributed by atoms with Gasteiger partial charge >= 0.3 is 0 Å². The second kappa shape index (κ2) is 6.12. The highest BCUT2D eigenvalue weighted by Gasteiger charge is 2.25. The maximum absolute atomic E-state index is 12.4. The zero-order valence-corrected chi connectivity index (χ0v) is 13.0. The van der Waals surface area contributed by atoms with E-state index in [2.05, 4.69) is 32.8 Å². The molecule has 0 spiro atoms. The van der Waals surface area contributed by atoms with Gasteiger partial charge in [-0.05, 0) is 43.4 Å². The number of amides is 1. The van der Waals surface area contributed by atoms with E-state index in [1.807, 2.05) is 16.8 Å². The minimum Gasteiger partial charge on any atom is -0.342 e. The van der Waals surface area contributed by atoms with Crippen molar-refractivity contribution in [1.82, 2.24) is 25.4 Å². The molecule has 0 saturated carbocycles. The quantitative estimate of drug-likeness (QED) is 0.903. The van der Waals surface area contributed by atoms with Gasteiger partial charge in [-0.3, -0.25) is 4.79 Å². The van der Waals surface area contributed by atoms with Gasteiger partial charge in [0, 0.05) is 6.54 Å². The van der Waals surface area contributed by atoms with E-state index < -0.39 is 0 Å². The number of nitrogens with one attached hydrogen (secondary N) is 2. The number of fused-ring (bicyclic) bond motifs is 1. The lowest BCUT2D eigenvalue weighted by Gasteiger charge is -2.22. The van der Waals surface area contributed by atoms with Gasteiger partial charge in [0.2, 0.25) is 5.82 Å². The molecule has 6 heteroatoms. The number of benzene rings is 1. The molecule has 1 amide bonds. The Kier molecular flexibility index (Phi) is 3.83. The lowest BCUT2D eigenvalue weighted by atomic mass is 10.1. The largest absolute Gasteiger partial charge is 0.342 e. The maximum atomic E-state index is 12.4. The summed E-state index contributed by atoms with van der Waals surface area (Å²) in [6, 6.07) is 8.65. The van der Waals surface area contributed by atoms with Gasteiger partial charge in [0.05, 0.1) is 12.1 Å². The molecular formula is C17H21N5O. The minimum atomic E-state index is -0.186. The van der Waals surface area contributed by atoms with E-state index in [9.17, 15) is 4.79 Å². The molecule has 2 aromatic rings. The summed E-state index contributed by atoms with van der Waals surface area (Å²) in [5.41, 5.74) is 2.54. The molecule has 2 heterocycles. The van der Waals surface area contributed by atoms with E-state index in [1.165, 1.54) is 11.1 Å². The molecule has 1 aromatic heterocycles. The van der Waals surface area contributed by atoms with Crippen LogP contribution < -0.4 is 10.6 Å². The van der Waals surface area contributed by atoms with Gasteiger partial charge in [-0.25, -0.2) is 9.67 Å². The van der Waals surface area contributed by atoms with Crippen molar-refractivity contribution in [2.24, 2.45) is 0 Å². The number of aryl methyl sites for hydroxylation is 1. The summed E-state index contributed by atoms with van der Waals surface area (Å²) in [4.78, 5) is 16.6. The number of carbonyl (C=O) groups is 1. The Labute approximate surface area is 135 Å². The summed E-state index contributed by atoms with van der Waals surface area (Å²) < 4.78 is 1.82. The Hall–Kier alpha value is -2.21. The number of hydrogen-bond acceptors (Lipinski definition) is 4. The molecule has 1 aromatic carbocycles. The highest BCUT2D eigenvalue weighted by molar-refractivity contribution is 5.90. The average molecular weight is 311 g/mol. The number of hydrogen-bond donors (Lipinski definition) is 2. The topological polar surface area (TPSA) is 71.8 Å². The number of piperidine rings is 1. The van der Waals surface area contributed by atoms with Crippen LogP contribution in [0.25, 0.3) is 0 Å². The number of aromatic nitrogens is 3. The van der Waals surface area contributed by atoms with Crippen molar-refractivity contribution in [1.29, 1.82) is 0 Å². The molecule has 1 aliphatic heterocycles. The molecule has 1 fully saturated rings. The third-order valence-corrected chi connectivity index (χ3v) is 4.79. The lowest BCUT2D eigenvalue weighted by molar-refractivity contribution is 0.0925. The van der Waals surface area contributed by atoms with Crippen LogP contribution in [0.5, 0.6) is 0 Å². The first-order chi connectivity index (χ1) is 11.3. The first-order valence-corrected chi connectivity index (χ1v) is 8.32. The Morgan fingerprint density at radius 3 is 3.09 bits per heavy atom. The fraction of sp³-hybridized carbons (Fsp3) is 0.471. The van der Waals surface area contributed by atoms with Gasteiger partial charge in [0.25, 0.3) is 5.91 Å². The minimum absolute atomic E-state index is 0.0713. The Bertz CT molecular complexity index is 705. The predicted octanol–water partition coefficient (Wildman–Crippen LogP) is 1.62. The monoisotopic (exact) mass is 311 g/mol. The van der Waals surface area contributed by atoms with E-state index >= 15 is 0 Å². The molecule has 2 atom stereocenters. The van der Waals surface area contributed by atoms with E-state index in [0.29, 0.717) is 6.04 Å². The second-order valence-corrected chi connectivity index (χ2v) is 6.31. The number of carbonyl (C=O) groups excluding carboxylic acids is 1. The molecule has 1 aliphatic carbocycles. The smallest absolute Gasteiger partial charge is 0.291 e. The SMILES string of the molecule is O=C(N[C@H]1CCc2ccccc21)c1ncn([C@@H]2CCCNC2)n1. The third kappa shape index (κ3) is 2.86. The summed E-state index contributed by atoms with van der Waals surface area (Å²) >= 11 is 0. The lowest BCUT2D eigenvalue weighted by Crippen LogP contribution is -2.32. The molecule has 1 saturated heterocycles. The summed E-state index contributed by atoms with van der Waals surface area (Å²) in [5, 5.41) is 10.8. The van der Waals surface area contributed by atoms with Crippen LogP contribution in [0.15, 0.2) is 30.6 Å². The van der Waals surface area contributed by atoms with Crippen molar-refractivity contribution in [2.45, 2.75) is 37.8 Å². The third-order valence-electron chi connectivity index (χ3n) is 4.79. The van der Waals surface area contributed by atoms with Crippen LogP contribution in [0, 0.1) is 0 Å². The molecule has 0 bridgehead atoms. The Balaban J connectivity index is 1.45. The molecule has 2 N–H and O–H groups in total. The first-order valence-electron chi connectivity index (χ1n) is 8.32. The molecule has 23 heavy (non-hydrogen) atoms. The van der Waals surface area contributed by atoms with Gasteiger partial charge in [-0.1, -0.05) is 24.3 Å². The molecule has 2 aliphatic rings. The van der Waals surface area contributed by atoms with Crippen LogP contribution in [0.1, 0.15) is 53.1 Å². The van der Waals surface area contributed by atoms with Crippen molar-refractivity contribution in [3.63, 3.8) is 0 Å².